The predicted molar refractivity (Wildman–Crippen MR) is 44.7 cm³/mol. The van der Waals surface area contributed by atoms with Crippen LogP contribution in [-0.2, 0) is 9.53 Å². The molecule has 2 aliphatic rings. The molecule has 2 aliphatic heterocycles. The van der Waals surface area contributed by atoms with Crippen LogP contribution in [0.4, 0.5) is 0 Å². The molecule has 12 heavy (non-hydrogen) atoms. The Morgan fingerprint density at radius 3 is 2.33 bits per heavy atom. The summed E-state index contributed by atoms with van der Waals surface area (Å²) >= 11 is 0. The summed E-state index contributed by atoms with van der Waals surface area (Å²) in [6.07, 6.45) is 5.80. The minimum Gasteiger partial charge on any atom is -0.381 e. The summed E-state index contributed by atoms with van der Waals surface area (Å²) in [5, 5.41) is 0. The number of nitrogens with zero attached hydrogens (tertiary/aromatic N) is 1. The van der Waals surface area contributed by atoms with Crippen molar-refractivity contribution in [2.45, 2.75) is 43.9 Å². The van der Waals surface area contributed by atoms with E-state index in [1.165, 1.54) is 12.8 Å². The van der Waals surface area contributed by atoms with Crippen molar-refractivity contribution < 1.29 is 9.53 Å². The van der Waals surface area contributed by atoms with Gasteiger partial charge in [-0.2, -0.15) is 0 Å². The Labute approximate surface area is 72.7 Å². The molecule has 0 saturated carbocycles. The van der Waals surface area contributed by atoms with E-state index in [9.17, 15) is 4.79 Å². The van der Waals surface area contributed by atoms with Gasteiger partial charge in [-0.3, -0.25) is 4.79 Å². The molecule has 2 heterocycles. The van der Waals surface area contributed by atoms with Crippen LogP contribution in [0.1, 0.15) is 25.7 Å². The van der Waals surface area contributed by atoms with E-state index in [0.717, 1.165) is 19.3 Å². The lowest BCUT2D eigenvalue weighted by atomic mass is 10.0. The highest BCUT2D eigenvalue weighted by Gasteiger charge is 2.39. The number of piperidine rings is 1. The average Bonchev–Trinajstić information content (AvgIpc) is 2.35. The molecule has 0 aromatic rings. The lowest BCUT2D eigenvalue weighted by molar-refractivity contribution is -0.124. The van der Waals surface area contributed by atoms with E-state index in [1.54, 1.807) is 7.11 Å². The Morgan fingerprint density at radius 1 is 1.33 bits per heavy atom. The van der Waals surface area contributed by atoms with Crippen molar-refractivity contribution >= 4 is 6.41 Å². The second-order valence-corrected chi connectivity index (χ2v) is 3.77. The number of amides is 1. The second kappa shape index (κ2) is 3.05. The molecule has 1 unspecified atom stereocenters. The topological polar surface area (TPSA) is 29.5 Å². The predicted octanol–water partition coefficient (Wildman–Crippen LogP) is 0.785. The maximum absolute atomic E-state index is 10.7. The summed E-state index contributed by atoms with van der Waals surface area (Å²) in [4.78, 5) is 12.7. The van der Waals surface area contributed by atoms with Gasteiger partial charge < -0.3 is 9.64 Å². The molecule has 0 aromatic heterocycles. The molecule has 0 N–H and O–H groups in total. The molecule has 0 aliphatic carbocycles. The lowest BCUT2D eigenvalue weighted by Crippen LogP contribution is -2.44. The molecule has 3 nitrogen and oxygen atoms in total. The van der Waals surface area contributed by atoms with Gasteiger partial charge in [0.25, 0.3) is 0 Å². The molecular formula is C9H15NO2. The fourth-order valence-corrected chi connectivity index (χ4v) is 2.53. The van der Waals surface area contributed by atoms with Gasteiger partial charge in [-0.15, -0.1) is 0 Å². The van der Waals surface area contributed by atoms with Gasteiger partial charge in [0.15, 0.2) is 0 Å². The van der Waals surface area contributed by atoms with Crippen LogP contribution in [0.15, 0.2) is 0 Å². The number of hydrogen-bond acceptors (Lipinski definition) is 2. The number of hydrogen-bond donors (Lipinski definition) is 0. The van der Waals surface area contributed by atoms with Crippen molar-refractivity contribution in [3.63, 3.8) is 0 Å². The van der Waals surface area contributed by atoms with E-state index in [0.29, 0.717) is 18.2 Å². The van der Waals surface area contributed by atoms with Crippen molar-refractivity contribution in [3.05, 3.63) is 0 Å². The highest BCUT2D eigenvalue weighted by Crippen LogP contribution is 2.35. The molecule has 0 aromatic carbocycles. The van der Waals surface area contributed by atoms with Gasteiger partial charge in [-0.1, -0.05) is 0 Å². The van der Waals surface area contributed by atoms with Crippen LogP contribution >= 0.6 is 0 Å². The monoisotopic (exact) mass is 169 g/mol. The van der Waals surface area contributed by atoms with Crippen molar-refractivity contribution in [1.82, 2.24) is 4.90 Å². The maximum atomic E-state index is 10.7. The first kappa shape index (κ1) is 8.05. The maximum Gasteiger partial charge on any atom is 0.210 e. The summed E-state index contributed by atoms with van der Waals surface area (Å²) in [5.74, 6) is 0. The Hall–Kier alpha value is -0.570. The van der Waals surface area contributed by atoms with Gasteiger partial charge in [0.1, 0.15) is 0 Å². The lowest BCUT2D eigenvalue weighted by Gasteiger charge is -2.35. The number of methoxy groups -OCH3 is 1. The van der Waals surface area contributed by atoms with Crippen molar-refractivity contribution in [1.29, 1.82) is 0 Å². The average molecular weight is 169 g/mol. The zero-order chi connectivity index (χ0) is 8.55. The van der Waals surface area contributed by atoms with E-state index in [-0.39, 0.29) is 0 Å². The van der Waals surface area contributed by atoms with Crippen LogP contribution in [0.5, 0.6) is 0 Å². The highest BCUT2D eigenvalue weighted by atomic mass is 16.5. The third kappa shape index (κ3) is 1.12. The molecule has 0 radical (unpaired) electrons. The number of carbonyl (C=O) groups excluding carboxylic acids is 1. The van der Waals surface area contributed by atoms with Gasteiger partial charge >= 0.3 is 0 Å². The Bertz CT molecular complexity index is 169. The first-order valence-electron chi connectivity index (χ1n) is 4.60. The van der Waals surface area contributed by atoms with Crippen LogP contribution < -0.4 is 0 Å². The Morgan fingerprint density at radius 2 is 1.92 bits per heavy atom. The standard InChI is InChI=1S/C9H15NO2/c1-12-9-4-7-2-3-8(5-9)10(7)6-11/h6-9H,2-5H2,1H3/t7-,8+,9?. The Balaban J connectivity index is 2.06. The smallest absolute Gasteiger partial charge is 0.210 e. The summed E-state index contributed by atoms with van der Waals surface area (Å²) in [5.41, 5.74) is 0. The zero-order valence-corrected chi connectivity index (χ0v) is 7.40. The number of rotatable bonds is 2. The SMILES string of the molecule is COC1C[C@H]2CC[C@@H](C1)N2C=O. The summed E-state index contributed by atoms with van der Waals surface area (Å²) in [6, 6.07) is 0.928. The van der Waals surface area contributed by atoms with Crippen LogP contribution in [0.2, 0.25) is 0 Å². The minimum absolute atomic E-state index is 0.388. The van der Waals surface area contributed by atoms with E-state index >= 15 is 0 Å². The fourth-order valence-electron chi connectivity index (χ4n) is 2.53. The molecule has 2 rings (SSSR count). The van der Waals surface area contributed by atoms with Crippen LogP contribution in [0.25, 0.3) is 0 Å². The van der Waals surface area contributed by atoms with E-state index in [1.807, 2.05) is 4.90 Å². The highest BCUT2D eigenvalue weighted by molar-refractivity contribution is 5.49. The number of fused-ring (bicyclic) bond motifs is 2. The van der Waals surface area contributed by atoms with E-state index < -0.39 is 0 Å². The van der Waals surface area contributed by atoms with Crippen LogP contribution in [0.3, 0.4) is 0 Å². The number of ether oxygens (including phenoxy) is 1. The molecule has 68 valence electrons. The van der Waals surface area contributed by atoms with Gasteiger partial charge in [0.2, 0.25) is 6.41 Å². The summed E-state index contributed by atoms with van der Waals surface area (Å²) < 4.78 is 5.32. The van der Waals surface area contributed by atoms with Gasteiger partial charge in [-0.25, -0.2) is 0 Å². The summed E-state index contributed by atoms with van der Waals surface area (Å²) in [7, 11) is 1.76. The normalized spacial score (nSPS) is 40.1. The molecule has 2 fully saturated rings. The van der Waals surface area contributed by atoms with Gasteiger partial charge in [-0.05, 0) is 25.7 Å². The second-order valence-electron chi connectivity index (χ2n) is 3.77. The van der Waals surface area contributed by atoms with Crippen molar-refractivity contribution in [2.75, 3.05) is 7.11 Å². The van der Waals surface area contributed by atoms with Crippen LogP contribution in [0, 0.1) is 0 Å². The first-order chi connectivity index (χ1) is 5.85. The minimum atomic E-state index is 0.388. The van der Waals surface area contributed by atoms with Crippen molar-refractivity contribution in [2.24, 2.45) is 0 Å². The van der Waals surface area contributed by atoms with Gasteiger partial charge in [0.05, 0.1) is 6.10 Å². The fraction of sp³-hybridized carbons (Fsp3) is 0.889. The van der Waals surface area contributed by atoms with E-state index in [4.69, 9.17) is 4.74 Å². The largest absolute Gasteiger partial charge is 0.381 e. The molecule has 3 atom stereocenters. The van der Waals surface area contributed by atoms with Crippen molar-refractivity contribution in [3.8, 4) is 0 Å². The first-order valence-corrected chi connectivity index (χ1v) is 4.60. The third-order valence-corrected chi connectivity index (χ3v) is 3.20. The number of carbonyl (C=O) groups is 1. The quantitative estimate of drug-likeness (QED) is 0.572. The molecule has 2 saturated heterocycles. The Kier molecular flexibility index (Phi) is 2.05. The molecule has 0 spiro atoms. The molecular weight excluding hydrogens is 154 g/mol. The summed E-state index contributed by atoms with van der Waals surface area (Å²) in [6.45, 7) is 0. The third-order valence-electron chi connectivity index (χ3n) is 3.20. The molecule has 1 amide bonds. The molecule has 2 bridgehead atoms. The van der Waals surface area contributed by atoms with E-state index in [2.05, 4.69) is 0 Å². The van der Waals surface area contributed by atoms with Crippen LogP contribution in [-0.4, -0.2) is 36.6 Å². The zero-order valence-electron chi connectivity index (χ0n) is 7.40. The van der Waals surface area contributed by atoms with Gasteiger partial charge in [0, 0.05) is 19.2 Å². The molecule has 3 heteroatoms.